The molecule has 0 rings (SSSR count). The molecule has 0 unspecified atom stereocenters. The van der Waals surface area contributed by atoms with Gasteiger partial charge in [-0.1, -0.05) is 89.4 Å². The van der Waals surface area contributed by atoms with Crippen molar-refractivity contribution in [3.63, 3.8) is 0 Å². The molecule has 0 saturated heterocycles. The Morgan fingerprint density at radius 1 is 0.625 bits per heavy atom. The van der Waals surface area contributed by atoms with E-state index in [1.54, 1.807) is 6.08 Å². The first kappa shape index (κ1) is 22.9. The molecule has 0 aliphatic heterocycles. The van der Waals surface area contributed by atoms with E-state index in [-0.39, 0.29) is 0 Å². The predicted octanol–water partition coefficient (Wildman–Crippen LogP) is 7.44. The molecule has 0 spiro atoms. The van der Waals surface area contributed by atoms with E-state index in [2.05, 4.69) is 19.1 Å². The standard InChI is InChI=1S/C22H40O2/c1-2-3-4-5-6-7-8-9-10-11-12-13-14-15-16-17-18-19-20-21-22(23)24/h9-10,20-21H,2-8,11-19H2,1H3,(H,23,24)/b10-9?,21-20-. The van der Waals surface area contributed by atoms with E-state index in [0.717, 1.165) is 12.8 Å². The third-order valence-electron chi connectivity index (χ3n) is 4.39. The van der Waals surface area contributed by atoms with Crippen LogP contribution in [0.4, 0.5) is 0 Å². The molecule has 0 aromatic heterocycles. The Hall–Kier alpha value is -1.05. The molecule has 2 heteroatoms. The lowest BCUT2D eigenvalue weighted by atomic mass is 10.1. The number of allylic oxidation sites excluding steroid dienone is 3. The summed E-state index contributed by atoms with van der Waals surface area (Å²) in [5.41, 5.74) is 0. The van der Waals surface area contributed by atoms with Crippen LogP contribution in [0.2, 0.25) is 0 Å². The molecule has 0 amide bonds. The first-order chi connectivity index (χ1) is 11.8. The van der Waals surface area contributed by atoms with Crippen LogP contribution in [0, 0.1) is 0 Å². The zero-order valence-electron chi connectivity index (χ0n) is 16.0. The van der Waals surface area contributed by atoms with Gasteiger partial charge in [0.05, 0.1) is 0 Å². The van der Waals surface area contributed by atoms with Gasteiger partial charge in [0, 0.05) is 6.08 Å². The van der Waals surface area contributed by atoms with Gasteiger partial charge in [0.15, 0.2) is 0 Å². The minimum atomic E-state index is -0.837. The van der Waals surface area contributed by atoms with Crippen molar-refractivity contribution >= 4 is 5.97 Å². The molecule has 1 N–H and O–H groups in total. The van der Waals surface area contributed by atoms with E-state index in [1.165, 1.54) is 96.0 Å². The van der Waals surface area contributed by atoms with Gasteiger partial charge in [-0.25, -0.2) is 4.79 Å². The molecule has 0 fully saturated rings. The number of rotatable bonds is 18. The molecule has 0 aromatic rings. The highest BCUT2D eigenvalue weighted by Gasteiger charge is 1.92. The average Bonchev–Trinajstić information content (AvgIpc) is 2.56. The van der Waals surface area contributed by atoms with Crippen LogP contribution in [-0.2, 0) is 4.79 Å². The van der Waals surface area contributed by atoms with Gasteiger partial charge in [-0.05, 0) is 38.5 Å². The quantitative estimate of drug-likeness (QED) is 0.160. The lowest BCUT2D eigenvalue weighted by Gasteiger charge is -2.00. The van der Waals surface area contributed by atoms with Crippen molar-refractivity contribution in [1.29, 1.82) is 0 Å². The number of carboxylic acid groups (broad SMARTS) is 1. The third kappa shape index (κ3) is 20.9. The average molecular weight is 337 g/mol. The molecule has 0 atom stereocenters. The molecule has 0 saturated carbocycles. The van der Waals surface area contributed by atoms with Crippen molar-refractivity contribution < 1.29 is 9.90 Å². The van der Waals surface area contributed by atoms with Crippen LogP contribution in [0.25, 0.3) is 0 Å². The summed E-state index contributed by atoms with van der Waals surface area (Å²) in [6.07, 6.45) is 28.5. The fourth-order valence-electron chi connectivity index (χ4n) is 2.87. The van der Waals surface area contributed by atoms with Gasteiger partial charge < -0.3 is 5.11 Å². The SMILES string of the molecule is CCCCCCCCC=CCCCCCCCCC/C=C\C(=O)O. The maximum absolute atomic E-state index is 10.3. The Kier molecular flexibility index (Phi) is 19.1. The first-order valence-electron chi connectivity index (χ1n) is 10.3. The summed E-state index contributed by atoms with van der Waals surface area (Å²) in [6, 6.07) is 0. The summed E-state index contributed by atoms with van der Waals surface area (Å²) in [7, 11) is 0. The van der Waals surface area contributed by atoms with Crippen LogP contribution in [-0.4, -0.2) is 11.1 Å². The summed E-state index contributed by atoms with van der Waals surface area (Å²) in [4.78, 5) is 10.3. The highest BCUT2D eigenvalue weighted by molar-refractivity contribution is 5.79. The summed E-state index contributed by atoms with van der Waals surface area (Å²) in [5.74, 6) is -0.837. The third-order valence-corrected chi connectivity index (χ3v) is 4.39. The second-order valence-electron chi connectivity index (χ2n) is 6.82. The van der Waals surface area contributed by atoms with Crippen molar-refractivity contribution in [2.45, 2.75) is 110 Å². The number of hydrogen-bond donors (Lipinski definition) is 1. The van der Waals surface area contributed by atoms with Crippen LogP contribution < -0.4 is 0 Å². The molecule has 140 valence electrons. The van der Waals surface area contributed by atoms with E-state index in [0.29, 0.717) is 0 Å². The van der Waals surface area contributed by atoms with Gasteiger partial charge in [-0.2, -0.15) is 0 Å². The maximum atomic E-state index is 10.3. The highest BCUT2D eigenvalue weighted by Crippen LogP contribution is 2.11. The zero-order valence-corrected chi connectivity index (χ0v) is 16.0. The molecule has 24 heavy (non-hydrogen) atoms. The molecule has 0 aliphatic carbocycles. The predicted molar refractivity (Wildman–Crippen MR) is 105 cm³/mol. The summed E-state index contributed by atoms with van der Waals surface area (Å²) >= 11 is 0. The first-order valence-corrected chi connectivity index (χ1v) is 10.3. The van der Waals surface area contributed by atoms with Crippen LogP contribution >= 0.6 is 0 Å². The number of carboxylic acids is 1. The van der Waals surface area contributed by atoms with Crippen molar-refractivity contribution in [1.82, 2.24) is 0 Å². The smallest absolute Gasteiger partial charge is 0.327 e. The van der Waals surface area contributed by atoms with Crippen molar-refractivity contribution in [2.75, 3.05) is 0 Å². The highest BCUT2D eigenvalue weighted by atomic mass is 16.4. The summed E-state index contributed by atoms with van der Waals surface area (Å²) in [6.45, 7) is 2.27. The van der Waals surface area contributed by atoms with Gasteiger partial charge in [-0.15, -0.1) is 0 Å². The van der Waals surface area contributed by atoms with E-state index >= 15 is 0 Å². The largest absolute Gasteiger partial charge is 0.478 e. The molecular formula is C22H40O2. The van der Waals surface area contributed by atoms with Crippen molar-refractivity contribution in [3.05, 3.63) is 24.3 Å². The number of carbonyl (C=O) groups is 1. The number of hydrogen-bond acceptors (Lipinski definition) is 1. The lowest BCUT2D eigenvalue weighted by molar-refractivity contribution is -0.131. The second kappa shape index (κ2) is 20.0. The topological polar surface area (TPSA) is 37.3 Å². The second-order valence-corrected chi connectivity index (χ2v) is 6.82. The van der Waals surface area contributed by atoms with Gasteiger partial charge in [0.1, 0.15) is 0 Å². The monoisotopic (exact) mass is 336 g/mol. The van der Waals surface area contributed by atoms with E-state index in [4.69, 9.17) is 5.11 Å². The van der Waals surface area contributed by atoms with E-state index in [1.807, 2.05) is 0 Å². The number of aliphatic carboxylic acids is 1. The zero-order chi connectivity index (χ0) is 17.7. The van der Waals surface area contributed by atoms with Crippen LogP contribution in [0.5, 0.6) is 0 Å². The minimum absolute atomic E-state index is 0.837. The minimum Gasteiger partial charge on any atom is -0.478 e. The molecule has 0 aromatic carbocycles. The van der Waals surface area contributed by atoms with Crippen LogP contribution in [0.15, 0.2) is 24.3 Å². The molecule has 0 heterocycles. The van der Waals surface area contributed by atoms with Crippen LogP contribution in [0.1, 0.15) is 110 Å². The molecule has 2 nitrogen and oxygen atoms in total. The molecule has 0 aliphatic rings. The van der Waals surface area contributed by atoms with Gasteiger partial charge in [-0.3, -0.25) is 0 Å². The Morgan fingerprint density at radius 2 is 1.00 bits per heavy atom. The number of unbranched alkanes of at least 4 members (excludes halogenated alkanes) is 14. The van der Waals surface area contributed by atoms with Crippen LogP contribution in [0.3, 0.4) is 0 Å². The Balaban J connectivity index is 3.11. The Bertz CT molecular complexity index is 318. The fraction of sp³-hybridized carbons (Fsp3) is 0.773. The maximum Gasteiger partial charge on any atom is 0.327 e. The molecule has 0 bridgehead atoms. The van der Waals surface area contributed by atoms with E-state index in [9.17, 15) is 4.79 Å². The van der Waals surface area contributed by atoms with Crippen molar-refractivity contribution in [3.8, 4) is 0 Å². The summed E-state index contributed by atoms with van der Waals surface area (Å²) < 4.78 is 0. The van der Waals surface area contributed by atoms with Gasteiger partial charge in [0.2, 0.25) is 0 Å². The van der Waals surface area contributed by atoms with Gasteiger partial charge >= 0.3 is 5.97 Å². The normalized spacial score (nSPS) is 11.7. The Morgan fingerprint density at radius 3 is 1.42 bits per heavy atom. The molecular weight excluding hydrogens is 296 g/mol. The fourth-order valence-corrected chi connectivity index (χ4v) is 2.87. The van der Waals surface area contributed by atoms with Crippen molar-refractivity contribution in [2.24, 2.45) is 0 Å². The Labute approximate surface area is 150 Å². The molecule has 0 radical (unpaired) electrons. The van der Waals surface area contributed by atoms with Gasteiger partial charge in [0.25, 0.3) is 0 Å². The lowest BCUT2D eigenvalue weighted by Crippen LogP contribution is -1.85. The van der Waals surface area contributed by atoms with E-state index < -0.39 is 5.97 Å². The summed E-state index contributed by atoms with van der Waals surface area (Å²) in [5, 5.41) is 8.47.